The lowest BCUT2D eigenvalue weighted by Gasteiger charge is -2.21. The van der Waals surface area contributed by atoms with Gasteiger partial charge in [0.05, 0.1) is 15.4 Å². The molecule has 2 rings (SSSR count). The average molecular weight is 337 g/mol. The number of hydrogen-bond acceptors (Lipinski definition) is 4. The standard InChI is InChI=1S/C14H13BrN2OS/c1-9(17)14(12-6-7-13(15)19-12)18-11-4-2-10(8-16)3-5-11/h2-7,9,14H,17H2,1H3. The maximum atomic E-state index is 8.77. The summed E-state index contributed by atoms with van der Waals surface area (Å²) >= 11 is 5.05. The molecule has 1 aromatic heterocycles. The number of halogens is 1. The minimum Gasteiger partial charge on any atom is -0.483 e. The maximum Gasteiger partial charge on any atom is 0.148 e. The molecular formula is C14H13BrN2OS. The second-order valence-electron chi connectivity index (χ2n) is 4.18. The van der Waals surface area contributed by atoms with Crippen LogP contribution in [0.5, 0.6) is 5.75 Å². The zero-order chi connectivity index (χ0) is 13.8. The van der Waals surface area contributed by atoms with E-state index in [9.17, 15) is 0 Å². The normalized spacial score (nSPS) is 13.6. The van der Waals surface area contributed by atoms with Crippen molar-refractivity contribution in [2.45, 2.75) is 19.1 Å². The van der Waals surface area contributed by atoms with Gasteiger partial charge in [-0.15, -0.1) is 11.3 Å². The fraction of sp³-hybridized carbons (Fsp3) is 0.214. The van der Waals surface area contributed by atoms with Gasteiger partial charge in [0.15, 0.2) is 0 Å². The monoisotopic (exact) mass is 336 g/mol. The molecule has 0 spiro atoms. The van der Waals surface area contributed by atoms with Crippen molar-refractivity contribution in [1.82, 2.24) is 0 Å². The molecule has 2 aromatic rings. The molecule has 19 heavy (non-hydrogen) atoms. The average Bonchev–Trinajstić information content (AvgIpc) is 2.82. The van der Waals surface area contributed by atoms with Crippen molar-refractivity contribution in [3.8, 4) is 11.8 Å². The molecule has 0 saturated heterocycles. The molecule has 1 aromatic carbocycles. The minimum absolute atomic E-state index is 0.124. The van der Waals surface area contributed by atoms with Crippen molar-refractivity contribution in [1.29, 1.82) is 5.26 Å². The fourth-order valence-corrected chi connectivity index (χ4v) is 3.23. The Balaban J connectivity index is 2.19. The third-order valence-corrected chi connectivity index (χ3v) is 4.28. The van der Waals surface area contributed by atoms with Gasteiger partial charge >= 0.3 is 0 Å². The van der Waals surface area contributed by atoms with E-state index < -0.39 is 0 Å². The van der Waals surface area contributed by atoms with Crippen molar-refractivity contribution in [2.75, 3.05) is 0 Å². The van der Waals surface area contributed by atoms with Crippen molar-refractivity contribution >= 4 is 27.3 Å². The first-order valence-electron chi connectivity index (χ1n) is 5.78. The van der Waals surface area contributed by atoms with E-state index in [1.54, 1.807) is 35.6 Å². The molecule has 5 heteroatoms. The van der Waals surface area contributed by atoms with Gasteiger partial charge in [-0.3, -0.25) is 0 Å². The number of nitrogens with two attached hydrogens (primary N) is 1. The largest absolute Gasteiger partial charge is 0.483 e. The molecule has 2 N–H and O–H groups in total. The lowest BCUT2D eigenvalue weighted by atomic mass is 10.1. The zero-order valence-electron chi connectivity index (χ0n) is 10.3. The number of thiophene rings is 1. The summed E-state index contributed by atoms with van der Waals surface area (Å²) in [6, 6.07) is 13.0. The molecule has 0 aliphatic heterocycles. The number of nitrogens with zero attached hydrogens (tertiary/aromatic N) is 1. The van der Waals surface area contributed by atoms with E-state index in [-0.39, 0.29) is 12.1 Å². The molecule has 3 nitrogen and oxygen atoms in total. The van der Waals surface area contributed by atoms with Crippen LogP contribution in [0.2, 0.25) is 0 Å². The van der Waals surface area contributed by atoms with Crippen molar-refractivity contribution < 1.29 is 4.74 Å². The third-order valence-electron chi connectivity index (χ3n) is 2.60. The van der Waals surface area contributed by atoms with E-state index in [0.29, 0.717) is 11.3 Å². The van der Waals surface area contributed by atoms with Gasteiger partial charge < -0.3 is 10.5 Å². The van der Waals surface area contributed by atoms with Crippen LogP contribution in [0.15, 0.2) is 40.2 Å². The van der Waals surface area contributed by atoms with E-state index in [2.05, 4.69) is 22.0 Å². The first-order valence-corrected chi connectivity index (χ1v) is 7.38. The zero-order valence-corrected chi connectivity index (χ0v) is 12.7. The van der Waals surface area contributed by atoms with Gasteiger partial charge in [0, 0.05) is 10.9 Å². The van der Waals surface area contributed by atoms with Gasteiger partial charge in [-0.05, 0) is 59.3 Å². The number of rotatable bonds is 4. The van der Waals surface area contributed by atoms with Gasteiger partial charge in [0.1, 0.15) is 11.9 Å². The first kappa shape index (κ1) is 14.1. The van der Waals surface area contributed by atoms with Crippen LogP contribution in [0.1, 0.15) is 23.5 Å². The number of ether oxygens (including phenoxy) is 1. The second kappa shape index (κ2) is 6.20. The highest BCUT2D eigenvalue weighted by Gasteiger charge is 2.20. The Labute approximate surface area is 124 Å². The minimum atomic E-state index is -0.191. The highest BCUT2D eigenvalue weighted by atomic mass is 79.9. The molecule has 0 radical (unpaired) electrons. The van der Waals surface area contributed by atoms with Gasteiger partial charge in [-0.1, -0.05) is 0 Å². The molecule has 0 bridgehead atoms. The summed E-state index contributed by atoms with van der Waals surface area (Å²) in [7, 11) is 0. The van der Waals surface area contributed by atoms with Gasteiger partial charge in [0.25, 0.3) is 0 Å². The Morgan fingerprint density at radius 2 is 1.95 bits per heavy atom. The van der Waals surface area contributed by atoms with E-state index in [0.717, 1.165) is 8.66 Å². The van der Waals surface area contributed by atoms with Crippen LogP contribution in [0, 0.1) is 11.3 Å². The topological polar surface area (TPSA) is 59.0 Å². The van der Waals surface area contributed by atoms with E-state index in [1.807, 2.05) is 19.1 Å². The first-order chi connectivity index (χ1) is 9.10. The highest BCUT2D eigenvalue weighted by molar-refractivity contribution is 9.11. The lowest BCUT2D eigenvalue weighted by molar-refractivity contribution is 0.184. The van der Waals surface area contributed by atoms with Crippen LogP contribution in [0.3, 0.4) is 0 Å². The van der Waals surface area contributed by atoms with E-state index >= 15 is 0 Å². The summed E-state index contributed by atoms with van der Waals surface area (Å²) in [5.74, 6) is 0.714. The van der Waals surface area contributed by atoms with Crippen LogP contribution < -0.4 is 10.5 Å². The van der Waals surface area contributed by atoms with Crippen molar-refractivity contribution in [3.63, 3.8) is 0 Å². The molecule has 0 fully saturated rings. The van der Waals surface area contributed by atoms with Crippen LogP contribution in [0.4, 0.5) is 0 Å². The lowest BCUT2D eigenvalue weighted by Crippen LogP contribution is -2.28. The fourth-order valence-electron chi connectivity index (χ4n) is 1.66. The summed E-state index contributed by atoms with van der Waals surface area (Å²) in [6.07, 6.45) is -0.191. The van der Waals surface area contributed by atoms with E-state index in [1.165, 1.54) is 0 Å². The maximum absolute atomic E-state index is 8.77. The molecule has 2 atom stereocenters. The van der Waals surface area contributed by atoms with Gasteiger partial charge in [-0.2, -0.15) is 5.26 Å². The Hall–Kier alpha value is -1.35. The molecular weight excluding hydrogens is 324 g/mol. The highest BCUT2D eigenvalue weighted by Crippen LogP contribution is 2.32. The Morgan fingerprint density at radius 3 is 2.42 bits per heavy atom. The Bertz CT molecular complexity index is 586. The summed E-state index contributed by atoms with van der Waals surface area (Å²) in [4.78, 5) is 1.08. The van der Waals surface area contributed by atoms with Crippen LogP contribution in [-0.2, 0) is 0 Å². The quantitative estimate of drug-likeness (QED) is 0.922. The number of benzene rings is 1. The van der Waals surface area contributed by atoms with Crippen LogP contribution >= 0.6 is 27.3 Å². The SMILES string of the molecule is CC(N)C(Oc1ccc(C#N)cc1)c1ccc(Br)s1. The second-order valence-corrected chi connectivity index (χ2v) is 6.67. The predicted molar refractivity (Wildman–Crippen MR) is 80.2 cm³/mol. The molecule has 98 valence electrons. The van der Waals surface area contributed by atoms with Crippen molar-refractivity contribution in [2.24, 2.45) is 5.73 Å². The third kappa shape index (κ3) is 3.57. The molecule has 0 saturated carbocycles. The summed E-state index contributed by atoms with van der Waals surface area (Å²) in [6.45, 7) is 1.92. The van der Waals surface area contributed by atoms with Crippen LogP contribution in [-0.4, -0.2) is 6.04 Å². The number of hydrogen-bond donors (Lipinski definition) is 1. The molecule has 0 aliphatic rings. The van der Waals surface area contributed by atoms with Gasteiger partial charge in [0.2, 0.25) is 0 Å². The van der Waals surface area contributed by atoms with E-state index in [4.69, 9.17) is 15.7 Å². The summed E-state index contributed by atoms with van der Waals surface area (Å²) < 4.78 is 6.98. The molecule has 0 amide bonds. The Morgan fingerprint density at radius 1 is 1.26 bits per heavy atom. The molecule has 2 unspecified atom stereocenters. The summed E-state index contributed by atoms with van der Waals surface area (Å²) in [5.41, 5.74) is 6.61. The van der Waals surface area contributed by atoms with Crippen LogP contribution in [0.25, 0.3) is 0 Å². The molecule has 0 aliphatic carbocycles. The van der Waals surface area contributed by atoms with Gasteiger partial charge in [-0.25, -0.2) is 0 Å². The number of nitriles is 1. The smallest absolute Gasteiger partial charge is 0.148 e. The van der Waals surface area contributed by atoms with Crippen molar-refractivity contribution in [3.05, 3.63) is 50.6 Å². The Kier molecular flexibility index (Phi) is 4.59. The molecule has 1 heterocycles. The summed E-state index contributed by atoms with van der Waals surface area (Å²) in [5, 5.41) is 8.77. The predicted octanol–water partition coefficient (Wildman–Crippen LogP) is 3.85.